The second-order valence-corrected chi connectivity index (χ2v) is 12.5. The molecule has 2 nitrogen and oxygen atoms in total. The fourth-order valence-corrected chi connectivity index (χ4v) is 3.08. The van der Waals surface area contributed by atoms with Gasteiger partial charge in [-0.3, -0.25) is 0 Å². The van der Waals surface area contributed by atoms with Crippen molar-refractivity contribution in [1.29, 1.82) is 0 Å². The average molecular weight is 626 g/mol. The quantitative estimate of drug-likeness (QED) is 0.301. The third kappa shape index (κ3) is 19.9. The summed E-state index contributed by atoms with van der Waals surface area (Å²) in [5.41, 5.74) is 21.8. The van der Waals surface area contributed by atoms with Gasteiger partial charge in [-0.05, 0) is 0 Å². The van der Waals surface area contributed by atoms with Crippen molar-refractivity contribution in [2.45, 2.75) is 94.2 Å². The van der Waals surface area contributed by atoms with Gasteiger partial charge in [-0.25, -0.2) is 0 Å². The van der Waals surface area contributed by atoms with Gasteiger partial charge in [0.05, 0.1) is 0 Å². The van der Waals surface area contributed by atoms with Gasteiger partial charge in [0.2, 0.25) is 0 Å². The van der Waals surface area contributed by atoms with Gasteiger partial charge in [0.25, 0.3) is 0 Å². The summed E-state index contributed by atoms with van der Waals surface area (Å²) in [7, 11) is 0. The first-order valence-electron chi connectivity index (χ1n) is 10.3. The van der Waals surface area contributed by atoms with Crippen LogP contribution in [0, 0.1) is 41.5 Å². The molecule has 0 bridgehead atoms. The van der Waals surface area contributed by atoms with Crippen LogP contribution in [0.4, 0.5) is 0 Å². The van der Waals surface area contributed by atoms with Crippen LogP contribution in [0.2, 0.25) is 0 Å². The topological polar surface area (TPSA) is 47.6 Å². The molecule has 0 spiro atoms. The molecular formula is C26H42N2Sb2-2. The molecule has 0 saturated heterocycles. The third-order valence-electron chi connectivity index (χ3n) is 3.27. The molecule has 2 aromatic rings. The van der Waals surface area contributed by atoms with Crippen LogP contribution in [0.25, 0.3) is 11.5 Å². The molecule has 0 aliphatic carbocycles. The summed E-state index contributed by atoms with van der Waals surface area (Å²) in [5, 5.41) is 0. The molecule has 2 N–H and O–H groups in total. The van der Waals surface area contributed by atoms with Crippen LogP contribution in [-0.2, 0) is 0 Å². The van der Waals surface area contributed by atoms with Crippen LogP contribution in [0.3, 0.4) is 0 Å². The van der Waals surface area contributed by atoms with Crippen LogP contribution in [0.5, 0.6) is 0 Å². The van der Waals surface area contributed by atoms with E-state index in [0.717, 1.165) is 0 Å². The molecular weight excluding hydrogens is 584 g/mol. The molecule has 0 amide bonds. The number of nitrogens with one attached hydrogen (secondary N) is 2. The monoisotopic (exact) mass is 624 g/mol. The maximum atomic E-state index is 6.94. The fourth-order valence-electron chi connectivity index (χ4n) is 2.34. The van der Waals surface area contributed by atoms with Crippen molar-refractivity contribution in [1.82, 2.24) is 0 Å². The minimum absolute atomic E-state index is 0.250. The Morgan fingerprint density at radius 1 is 0.500 bits per heavy atom. The Balaban J connectivity index is 0. The molecule has 2 rings (SSSR count). The summed E-state index contributed by atoms with van der Waals surface area (Å²) in [6.07, 6.45) is 0. The van der Waals surface area contributed by atoms with Gasteiger partial charge >= 0.3 is 152 Å². The van der Waals surface area contributed by atoms with Gasteiger partial charge in [-0.1, -0.05) is 41.5 Å². The van der Waals surface area contributed by atoms with Crippen molar-refractivity contribution in [3.63, 3.8) is 0 Å². The van der Waals surface area contributed by atoms with Crippen molar-refractivity contribution >= 4 is 53.1 Å². The molecule has 30 heavy (non-hydrogen) atoms. The van der Waals surface area contributed by atoms with Crippen molar-refractivity contribution in [3.8, 4) is 0 Å². The Morgan fingerprint density at radius 2 is 0.633 bits per heavy atom. The first-order valence-corrected chi connectivity index (χ1v) is 12.8. The Morgan fingerprint density at radius 3 is 0.767 bits per heavy atom. The van der Waals surface area contributed by atoms with Gasteiger partial charge < -0.3 is 11.5 Å². The first kappa shape index (κ1) is 32.2. The van der Waals surface area contributed by atoms with Crippen molar-refractivity contribution in [2.75, 3.05) is 0 Å². The molecule has 0 atom stereocenters. The number of benzene rings is 2. The summed E-state index contributed by atoms with van der Waals surface area (Å²) in [4.78, 5) is 0. The second-order valence-electron chi connectivity index (χ2n) is 9.99. The normalized spacial score (nSPS) is 10.7. The van der Waals surface area contributed by atoms with Gasteiger partial charge in [0.15, 0.2) is 0 Å². The predicted molar refractivity (Wildman–Crippen MR) is 140 cm³/mol. The summed E-state index contributed by atoms with van der Waals surface area (Å²) in [6.45, 7) is 24.1. The van der Waals surface area contributed by atoms with E-state index in [-0.39, 0.29) is 11.1 Å². The standard InChI is InChI=1S/2C9H11.2C4H10N.2Sb/c2*1-7-4-8(2)6-9(3)5-7;2*1-4(2,3)5;;/h2*4-5H,1-3H3;2*5H,1-3H3;;/q;;2*-1;;. The van der Waals surface area contributed by atoms with E-state index in [0.29, 0.717) is 0 Å². The molecule has 0 fully saturated rings. The molecule has 4 radical (unpaired) electrons. The van der Waals surface area contributed by atoms with Crippen molar-refractivity contribution in [3.05, 3.63) is 69.1 Å². The van der Waals surface area contributed by atoms with E-state index in [2.05, 4.69) is 65.8 Å². The van der Waals surface area contributed by atoms with Crippen LogP contribution >= 0.6 is 0 Å². The number of hydrogen-bond acceptors (Lipinski definition) is 0. The van der Waals surface area contributed by atoms with Crippen LogP contribution in [0.15, 0.2) is 24.3 Å². The van der Waals surface area contributed by atoms with E-state index >= 15 is 0 Å². The average Bonchev–Trinajstić information content (AvgIpc) is 2.47. The fraction of sp³-hybridized carbons (Fsp3) is 0.538. The maximum absolute atomic E-state index is 6.94. The van der Waals surface area contributed by atoms with Gasteiger partial charge in [-0.2, -0.15) is 0 Å². The van der Waals surface area contributed by atoms with E-state index in [9.17, 15) is 0 Å². The molecule has 2 aromatic carbocycles. The summed E-state index contributed by atoms with van der Waals surface area (Å²) in [5.74, 6) is 0. The molecule has 0 saturated carbocycles. The van der Waals surface area contributed by atoms with Crippen molar-refractivity contribution < 1.29 is 0 Å². The van der Waals surface area contributed by atoms with Gasteiger partial charge in [0, 0.05) is 0 Å². The number of rotatable bonds is 0. The molecule has 0 aliphatic rings. The molecule has 0 unspecified atom stereocenters. The number of hydrogen-bond donors (Lipinski definition) is 0. The molecule has 0 aromatic heterocycles. The Hall–Kier alpha value is -0.00364. The van der Waals surface area contributed by atoms with Crippen LogP contribution in [0.1, 0.15) is 74.9 Å². The van der Waals surface area contributed by atoms with Gasteiger partial charge in [0.1, 0.15) is 0 Å². The first-order chi connectivity index (χ1) is 13.2. The van der Waals surface area contributed by atoms with Crippen LogP contribution in [-0.4, -0.2) is 57.1 Å². The molecule has 4 heteroatoms. The molecule has 0 heterocycles. The Labute approximate surface area is 215 Å². The van der Waals surface area contributed by atoms with E-state index in [1.807, 2.05) is 87.6 Å². The van der Waals surface area contributed by atoms with Crippen LogP contribution < -0.4 is 7.02 Å². The zero-order valence-electron chi connectivity index (χ0n) is 21.2. The molecule has 168 valence electrons. The third-order valence-corrected chi connectivity index (χ3v) is 7.30. The summed E-state index contributed by atoms with van der Waals surface area (Å²) in [6, 6.07) is 8.95. The zero-order chi connectivity index (χ0) is 24.4. The van der Waals surface area contributed by atoms with E-state index in [1.165, 1.54) is 40.4 Å². The van der Waals surface area contributed by atoms with E-state index in [1.54, 1.807) is 0 Å². The Bertz CT molecular complexity index is 657. The predicted octanol–water partition coefficient (Wildman–Crippen LogP) is 6.49. The SMILES string of the molecule is CC(C)(C)[NH-].CC(C)(C)[NH-].Cc1cc(C)[c]([Sb])c(C)c1.Cc1cc(C)[c]([Sb])c(C)c1. The van der Waals surface area contributed by atoms with Crippen molar-refractivity contribution in [2.24, 2.45) is 0 Å². The van der Waals surface area contributed by atoms with Gasteiger partial charge in [-0.15, -0.1) is 11.1 Å². The summed E-state index contributed by atoms with van der Waals surface area (Å²) >= 11 is 3.63. The Kier molecular flexibility index (Phi) is 15.2. The number of aryl methyl sites for hydroxylation is 6. The van der Waals surface area contributed by atoms with E-state index < -0.39 is 0 Å². The molecule has 0 aliphatic heterocycles. The zero-order valence-corrected chi connectivity index (χ0v) is 26.3. The second kappa shape index (κ2) is 14.2. The minimum atomic E-state index is -0.250. The van der Waals surface area contributed by atoms with E-state index in [4.69, 9.17) is 11.5 Å². The summed E-state index contributed by atoms with van der Waals surface area (Å²) < 4.78 is 2.94.